The molecule has 0 aromatic heterocycles. The second kappa shape index (κ2) is 6.97. The van der Waals surface area contributed by atoms with E-state index in [2.05, 4.69) is 0 Å². The van der Waals surface area contributed by atoms with Gasteiger partial charge in [-0.15, -0.1) is 0 Å². The maximum absolute atomic E-state index is 11.2. The number of benzene rings is 1. The molecular formula is C15H22N4O2. The first-order valence-electron chi connectivity index (χ1n) is 7.15. The van der Waals surface area contributed by atoms with Gasteiger partial charge in [-0.2, -0.15) is 0 Å². The number of guanidine groups is 1. The van der Waals surface area contributed by atoms with E-state index < -0.39 is 6.09 Å². The van der Waals surface area contributed by atoms with Crippen molar-refractivity contribution < 1.29 is 9.53 Å². The molecule has 0 bridgehead atoms. The van der Waals surface area contributed by atoms with Crippen molar-refractivity contribution in [3.63, 3.8) is 0 Å². The van der Waals surface area contributed by atoms with Gasteiger partial charge in [0.25, 0.3) is 0 Å². The average Bonchev–Trinajstić information content (AvgIpc) is 2.47. The van der Waals surface area contributed by atoms with Gasteiger partial charge >= 0.3 is 6.09 Å². The zero-order chi connectivity index (χ0) is 15.2. The molecule has 5 N–H and O–H groups in total. The summed E-state index contributed by atoms with van der Waals surface area (Å²) in [6.45, 7) is 1.40. The van der Waals surface area contributed by atoms with Crippen molar-refractivity contribution in [2.45, 2.75) is 25.4 Å². The summed E-state index contributed by atoms with van der Waals surface area (Å²) in [5, 5.41) is 7.55. The summed E-state index contributed by atoms with van der Waals surface area (Å²) < 4.78 is 5.32. The Kier molecular flexibility index (Phi) is 5.03. The summed E-state index contributed by atoms with van der Waals surface area (Å²) in [6.07, 6.45) is 1.45. The van der Waals surface area contributed by atoms with Crippen LogP contribution in [0.2, 0.25) is 0 Å². The molecule has 6 nitrogen and oxygen atoms in total. The van der Waals surface area contributed by atoms with E-state index in [-0.39, 0.29) is 18.0 Å². The Morgan fingerprint density at radius 2 is 2.10 bits per heavy atom. The molecule has 1 aromatic rings. The number of ether oxygens (including phenoxy) is 1. The molecule has 2 atom stereocenters. The van der Waals surface area contributed by atoms with Crippen molar-refractivity contribution in [3.8, 4) is 0 Å². The van der Waals surface area contributed by atoms with E-state index in [1.54, 1.807) is 0 Å². The third-order valence-corrected chi connectivity index (χ3v) is 3.87. The van der Waals surface area contributed by atoms with E-state index in [9.17, 15) is 4.79 Å². The molecule has 1 aliphatic rings. The molecule has 0 spiro atoms. The van der Waals surface area contributed by atoms with Gasteiger partial charge in [-0.3, -0.25) is 5.41 Å². The predicted octanol–water partition coefficient (Wildman–Crippen LogP) is 1.30. The standard InChI is InChI=1S/C15H22N4O2/c16-14(17)19-8-4-7-12(10-19)13(21-15(18)20)9-11-5-2-1-3-6-11/h1-3,5-6,12-13H,4,7-10H2,(H3,16,17)(H2,18,20)/t12-,13?/m0/s1. The summed E-state index contributed by atoms with van der Waals surface area (Å²) in [7, 11) is 0. The summed E-state index contributed by atoms with van der Waals surface area (Å²) in [5.41, 5.74) is 11.9. The minimum absolute atomic E-state index is 0.0669. The minimum atomic E-state index is -0.754. The number of piperidine rings is 1. The van der Waals surface area contributed by atoms with Crippen LogP contribution in [0.25, 0.3) is 0 Å². The van der Waals surface area contributed by atoms with Crippen LogP contribution in [-0.2, 0) is 11.2 Å². The van der Waals surface area contributed by atoms with E-state index in [1.165, 1.54) is 0 Å². The predicted molar refractivity (Wildman–Crippen MR) is 80.8 cm³/mol. The van der Waals surface area contributed by atoms with Crippen LogP contribution in [0.4, 0.5) is 4.79 Å². The molecule has 6 heteroatoms. The SMILES string of the molecule is N=C(N)N1CCC[C@H](C(Cc2ccccc2)OC(N)=O)C1. The van der Waals surface area contributed by atoms with Gasteiger partial charge in [-0.25, -0.2) is 4.79 Å². The molecule has 2 rings (SSSR count). The molecule has 114 valence electrons. The Bertz CT molecular complexity index is 492. The molecule has 21 heavy (non-hydrogen) atoms. The fourth-order valence-electron chi connectivity index (χ4n) is 2.83. The maximum Gasteiger partial charge on any atom is 0.404 e. The Labute approximate surface area is 124 Å². The molecule has 0 aliphatic carbocycles. The normalized spacial score (nSPS) is 19.8. The summed E-state index contributed by atoms with van der Waals surface area (Å²) >= 11 is 0. The lowest BCUT2D eigenvalue weighted by Crippen LogP contribution is -2.47. The van der Waals surface area contributed by atoms with E-state index in [0.29, 0.717) is 13.0 Å². The van der Waals surface area contributed by atoms with Crippen LogP contribution in [0.5, 0.6) is 0 Å². The van der Waals surface area contributed by atoms with Crippen LogP contribution in [0.1, 0.15) is 18.4 Å². The van der Waals surface area contributed by atoms with Crippen molar-refractivity contribution in [3.05, 3.63) is 35.9 Å². The molecule has 1 fully saturated rings. The highest BCUT2D eigenvalue weighted by Crippen LogP contribution is 2.24. The highest BCUT2D eigenvalue weighted by molar-refractivity contribution is 5.74. The Morgan fingerprint density at radius 1 is 1.38 bits per heavy atom. The molecule has 0 radical (unpaired) electrons. The lowest BCUT2D eigenvalue weighted by molar-refractivity contribution is 0.0457. The average molecular weight is 290 g/mol. The summed E-state index contributed by atoms with van der Waals surface area (Å²) in [4.78, 5) is 13.0. The van der Waals surface area contributed by atoms with Crippen LogP contribution >= 0.6 is 0 Å². The van der Waals surface area contributed by atoms with Crippen molar-refractivity contribution in [2.75, 3.05) is 13.1 Å². The third kappa shape index (κ3) is 4.37. The van der Waals surface area contributed by atoms with E-state index in [1.807, 2.05) is 35.2 Å². The zero-order valence-electron chi connectivity index (χ0n) is 12.0. The van der Waals surface area contributed by atoms with Gasteiger partial charge in [0.2, 0.25) is 0 Å². The molecule has 0 saturated carbocycles. The first-order chi connectivity index (χ1) is 10.1. The Balaban J connectivity index is 2.08. The lowest BCUT2D eigenvalue weighted by Gasteiger charge is -2.36. The quantitative estimate of drug-likeness (QED) is 0.574. The largest absolute Gasteiger partial charge is 0.446 e. The molecule has 1 amide bonds. The van der Waals surface area contributed by atoms with E-state index in [0.717, 1.165) is 24.9 Å². The maximum atomic E-state index is 11.2. The van der Waals surface area contributed by atoms with Gasteiger partial charge in [-0.05, 0) is 18.4 Å². The van der Waals surface area contributed by atoms with Crippen molar-refractivity contribution >= 4 is 12.1 Å². The van der Waals surface area contributed by atoms with Crippen molar-refractivity contribution in [1.29, 1.82) is 5.41 Å². The first kappa shape index (κ1) is 15.2. The molecule has 1 heterocycles. The molecule has 1 aromatic carbocycles. The fraction of sp³-hybridized carbons (Fsp3) is 0.467. The summed E-state index contributed by atoms with van der Waals surface area (Å²) in [6, 6.07) is 9.87. The Morgan fingerprint density at radius 3 is 2.71 bits per heavy atom. The number of likely N-dealkylation sites (tertiary alicyclic amines) is 1. The second-order valence-corrected chi connectivity index (χ2v) is 5.40. The van der Waals surface area contributed by atoms with Crippen LogP contribution in [0.15, 0.2) is 30.3 Å². The van der Waals surface area contributed by atoms with E-state index in [4.69, 9.17) is 21.6 Å². The molecular weight excluding hydrogens is 268 g/mol. The van der Waals surface area contributed by atoms with Gasteiger partial charge in [0, 0.05) is 25.4 Å². The van der Waals surface area contributed by atoms with Gasteiger partial charge < -0.3 is 21.1 Å². The summed E-state index contributed by atoms with van der Waals surface area (Å²) in [5.74, 6) is 0.201. The van der Waals surface area contributed by atoms with Crippen LogP contribution in [-0.4, -0.2) is 36.1 Å². The lowest BCUT2D eigenvalue weighted by atomic mass is 9.89. The highest BCUT2D eigenvalue weighted by Gasteiger charge is 2.30. The molecule has 1 unspecified atom stereocenters. The topological polar surface area (TPSA) is 105 Å². The number of rotatable bonds is 4. The number of carbonyl (C=O) groups excluding carboxylic acids is 1. The fourth-order valence-corrected chi connectivity index (χ4v) is 2.83. The molecule has 1 aliphatic heterocycles. The number of nitrogens with two attached hydrogens (primary N) is 2. The van der Waals surface area contributed by atoms with Crippen LogP contribution in [0.3, 0.4) is 0 Å². The van der Waals surface area contributed by atoms with Gasteiger partial charge in [-0.1, -0.05) is 30.3 Å². The number of carbonyl (C=O) groups is 1. The number of hydrogen-bond donors (Lipinski definition) is 3. The number of amides is 1. The van der Waals surface area contributed by atoms with Crippen LogP contribution in [0, 0.1) is 11.3 Å². The zero-order valence-corrected chi connectivity index (χ0v) is 12.0. The first-order valence-corrected chi connectivity index (χ1v) is 7.15. The molecule has 1 saturated heterocycles. The highest BCUT2D eigenvalue weighted by atomic mass is 16.6. The number of nitrogens with one attached hydrogen (secondary N) is 1. The van der Waals surface area contributed by atoms with E-state index >= 15 is 0 Å². The number of primary amides is 1. The van der Waals surface area contributed by atoms with Crippen molar-refractivity contribution in [2.24, 2.45) is 17.4 Å². The third-order valence-electron chi connectivity index (χ3n) is 3.87. The Hall–Kier alpha value is -2.24. The van der Waals surface area contributed by atoms with Gasteiger partial charge in [0.05, 0.1) is 0 Å². The smallest absolute Gasteiger partial charge is 0.404 e. The van der Waals surface area contributed by atoms with Gasteiger partial charge in [0.15, 0.2) is 5.96 Å². The second-order valence-electron chi connectivity index (χ2n) is 5.40. The minimum Gasteiger partial charge on any atom is -0.446 e. The monoisotopic (exact) mass is 290 g/mol. The number of nitrogens with zero attached hydrogens (tertiary/aromatic N) is 1. The van der Waals surface area contributed by atoms with Crippen molar-refractivity contribution in [1.82, 2.24) is 4.90 Å². The van der Waals surface area contributed by atoms with Gasteiger partial charge in [0.1, 0.15) is 6.10 Å². The van der Waals surface area contributed by atoms with Crippen LogP contribution < -0.4 is 11.5 Å². The number of hydrogen-bond acceptors (Lipinski definition) is 3.